The van der Waals surface area contributed by atoms with Crippen molar-refractivity contribution in [2.24, 2.45) is 5.92 Å². The van der Waals surface area contributed by atoms with E-state index in [2.05, 4.69) is 10.2 Å². The molecular weight excluding hydrogens is 258 g/mol. The molecule has 6 nitrogen and oxygen atoms in total. The van der Waals surface area contributed by atoms with E-state index in [1.807, 2.05) is 6.92 Å². The summed E-state index contributed by atoms with van der Waals surface area (Å²) in [7, 11) is 0. The molecule has 2 unspecified atom stereocenters. The molecule has 2 atom stereocenters. The SMILES string of the molecule is CC1CCCN(C(=O)NCCN2CCCC2)C1C(=O)O. The second kappa shape index (κ2) is 6.92. The molecule has 0 aliphatic carbocycles. The number of carboxylic acids is 1. The van der Waals surface area contributed by atoms with Gasteiger partial charge in [-0.3, -0.25) is 0 Å². The Labute approximate surface area is 120 Å². The Morgan fingerprint density at radius 1 is 1.20 bits per heavy atom. The summed E-state index contributed by atoms with van der Waals surface area (Å²) in [5.74, 6) is -0.877. The van der Waals surface area contributed by atoms with Crippen molar-refractivity contribution in [1.82, 2.24) is 15.1 Å². The Balaban J connectivity index is 1.81. The van der Waals surface area contributed by atoms with Gasteiger partial charge >= 0.3 is 12.0 Å². The van der Waals surface area contributed by atoms with Crippen molar-refractivity contribution in [3.05, 3.63) is 0 Å². The van der Waals surface area contributed by atoms with Crippen LogP contribution in [0.3, 0.4) is 0 Å². The van der Waals surface area contributed by atoms with Crippen LogP contribution in [0.5, 0.6) is 0 Å². The number of carbonyl (C=O) groups is 2. The molecule has 2 fully saturated rings. The maximum atomic E-state index is 12.2. The van der Waals surface area contributed by atoms with Gasteiger partial charge in [0.2, 0.25) is 0 Å². The minimum Gasteiger partial charge on any atom is -0.480 e. The van der Waals surface area contributed by atoms with Crippen LogP contribution in [0.4, 0.5) is 4.79 Å². The quantitative estimate of drug-likeness (QED) is 0.806. The Morgan fingerprint density at radius 3 is 2.55 bits per heavy atom. The number of nitrogens with zero attached hydrogens (tertiary/aromatic N) is 2. The summed E-state index contributed by atoms with van der Waals surface area (Å²) in [6.45, 7) is 6.10. The molecule has 0 spiro atoms. The molecule has 0 bridgehead atoms. The van der Waals surface area contributed by atoms with Crippen LogP contribution in [-0.2, 0) is 4.79 Å². The number of urea groups is 1. The summed E-state index contributed by atoms with van der Waals surface area (Å²) in [6, 6.07) is -0.918. The zero-order chi connectivity index (χ0) is 14.5. The molecule has 2 heterocycles. The second-order valence-electron chi connectivity index (χ2n) is 5.88. The van der Waals surface area contributed by atoms with E-state index in [-0.39, 0.29) is 11.9 Å². The predicted octanol–water partition coefficient (Wildman–Crippen LogP) is 0.977. The van der Waals surface area contributed by atoms with Gasteiger partial charge in [0.25, 0.3) is 0 Å². The van der Waals surface area contributed by atoms with Crippen LogP contribution in [0.2, 0.25) is 0 Å². The van der Waals surface area contributed by atoms with Gasteiger partial charge in [-0.15, -0.1) is 0 Å². The second-order valence-corrected chi connectivity index (χ2v) is 5.88. The third kappa shape index (κ3) is 3.62. The third-order valence-electron chi connectivity index (χ3n) is 4.35. The fraction of sp³-hybridized carbons (Fsp3) is 0.857. The minimum atomic E-state index is -0.896. The smallest absolute Gasteiger partial charge is 0.326 e. The number of carboxylic acid groups (broad SMARTS) is 1. The molecule has 2 N–H and O–H groups in total. The Hall–Kier alpha value is -1.30. The molecule has 114 valence electrons. The molecule has 2 saturated heterocycles. The summed E-state index contributed by atoms with van der Waals surface area (Å²) in [5.41, 5.74) is 0. The summed E-state index contributed by atoms with van der Waals surface area (Å²) >= 11 is 0. The normalized spacial score (nSPS) is 27.6. The van der Waals surface area contributed by atoms with E-state index < -0.39 is 12.0 Å². The molecule has 20 heavy (non-hydrogen) atoms. The number of rotatable bonds is 4. The maximum absolute atomic E-state index is 12.2. The Morgan fingerprint density at radius 2 is 1.90 bits per heavy atom. The number of piperidine rings is 1. The monoisotopic (exact) mass is 283 g/mol. The molecule has 0 aromatic heterocycles. The van der Waals surface area contributed by atoms with Crippen LogP contribution < -0.4 is 5.32 Å². The zero-order valence-electron chi connectivity index (χ0n) is 12.2. The average Bonchev–Trinajstić information content (AvgIpc) is 2.91. The van der Waals surface area contributed by atoms with Gasteiger partial charge in [0, 0.05) is 19.6 Å². The molecule has 0 radical (unpaired) electrons. The van der Waals surface area contributed by atoms with E-state index in [0.29, 0.717) is 13.1 Å². The minimum absolute atomic E-state index is 0.0191. The van der Waals surface area contributed by atoms with Gasteiger partial charge in [-0.2, -0.15) is 0 Å². The van der Waals surface area contributed by atoms with Crippen molar-refractivity contribution in [3.63, 3.8) is 0 Å². The number of amides is 2. The van der Waals surface area contributed by atoms with Crippen LogP contribution in [-0.4, -0.2) is 65.7 Å². The highest BCUT2D eigenvalue weighted by atomic mass is 16.4. The molecule has 2 aliphatic rings. The lowest BCUT2D eigenvalue weighted by Gasteiger charge is -2.37. The largest absolute Gasteiger partial charge is 0.480 e. The molecule has 2 amide bonds. The summed E-state index contributed by atoms with van der Waals surface area (Å²) in [6.07, 6.45) is 4.22. The predicted molar refractivity (Wildman–Crippen MR) is 75.6 cm³/mol. The molecule has 0 aromatic carbocycles. The van der Waals surface area contributed by atoms with Gasteiger partial charge in [-0.05, 0) is 44.7 Å². The maximum Gasteiger partial charge on any atom is 0.326 e. The Bertz CT molecular complexity index is 356. The highest BCUT2D eigenvalue weighted by Crippen LogP contribution is 2.23. The van der Waals surface area contributed by atoms with E-state index in [0.717, 1.165) is 32.5 Å². The van der Waals surface area contributed by atoms with Crippen LogP contribution in [0, 0.1) is 5.92 Å². The van der Waals surface area contributed by atoms with Gasteiger partial charge in [0.1, 0.15) is 6.04 Å². The van der Waals surface area contributed by atoms with E-state index in [4.69, 9.17) is 0 Å². The number of likely N-dealkylation sites (tertiary alicyclic amines) is 2. The fourth-order valence-corrected chi connectivity index (χ4v) is 3.22. The van der Waals surface area contributed by atoms with Crippen molar-refractivity contribution in [2.45, 2.75) is 38.6 Å². The molecule has 0 saturated carbocycles. The van der Waals surface area contributed by atoms with E-state index >= 15 is 0 Å². The van der Waals surface area contributed by atoms with Crippen molar-refractivity contribution < 1.29 is 14.7 Å². The van der Waals surface area contributed by atoms with Crippen molar-refractivity contribution in [1.29, 1.82) is 0 Å². The van der Waals surface area contributed by atoms with Gasteiger partial charge in [-0.25, -0.2) is 9.59 Å². The zero-order valence-corrected chi connectivity index (χ0v) is 12.2. The van der Waals surface area contributed by atoms with E-state index in [1.54, 1.807) is 0 Å². The molecule has 6 heteroatoms. The summed E-state index contributed by atoms with van der Waals surface area (Å²) in [5, 5.41) is 12.2. The molecule has 0 aromatic rings. The van der Waals surface area contributed by atoms with E-state index in [9.17, 15) is 14.7 Å². The summed E-state index contributed by atoms with van der Waals surface area (Å²) < 4.78 is 0. The molecule has 2 aliphatic heterocycles. The first-order valence-electron chi connectivity index (χ1n) is 7.59. The first-order valence-corrected chi connectivity index (χ1v) is 7.59. The molecule has 2 rings (SSSR count). The number of aliphatic carboxylic acids is 1. The van der Waals surface area contributed by atoms with Gasteiger partial charge in [-0.1, -0.05) is 6.92 Å². The van der Waals surface area contributed by atoms with Crippen molar-refractivity contribution in [2.75, 3.05) is 32.7 Å². The fourth-order valence-electron chi connectivity index (χ4n) is 3.22. The number of hydrogen-bond acceptors (Lipinski definition) is 3. The van der Waals surface area contributed by atoms with Gasteiger partial charge in [0.05, 0.1) is 0 Å². The van der Waals surface area contributed by atoms with Crippen LogP contribution in [0.1, 0.15) is 32.6 Å². The van der Waals surface area contributed by atoms with Crippen LogP contribution in [0.15, 0.2) is 0 Å². The lowest BCUT2D eigenvalue weighted by molar-refractivity contribution is -0.145. The first-order chi connectivity index (χ1) is 9.59. The highest BCUT2D eigenvalue weighted by molar-refractivity contribution is 5.83. The first kappa shape index (κ1) is 15.1. The number of nitrogens with one attached hydrogen (secondary N) is 1. The average molecular weight is 283 g/mol. The van der Waals surface area contributed by atoms with Gasteiger partial charge < -0.3 is 20.2 Å². The number of hydrogen-bond donors (Lipinski definition) is 2. The van der Waals surface area contributed by atoms with Crippen molar-refractivity contribution in [3.8, 4) is 0 Å². The summed E-state index contributed by atoms with van der Waals surface area (Å²) in [4.78, 5) is 27.3. The Kier molecular flexibility index (Phi) is 5.23. The van der Waals surface area contributed by atoms with Crippen LogP contribution in [0.25, 0.3) is 0 Å². The third-order valence-corrected chi connectivity index (χ3v) is 4.35. The standard InChI is InChI=1S/C14H25N3O3/c1-11-5-4-9-17(12(11)13(18)19)14(20)15-6-10-16-7-2-3-8-16/h11-12H,2-10H2,1H3,(H,15,20)(H,18,19). The lowest BCUT2D eigenvalue weighted by Crippen LogP contribution is -2.55. The highest BCUT2D eigenvalue weighted by Gasteiger charge is 2.36. The van der Waals surface area contributed by atoms with Gasteiger partial charge in [0.15, 0.2) is 0 Å². The van der Waals surface area contributed by atoms with E-state index in [1.165, 1.54) is 17.7 Å². The molecular formula is C14H25N3O3. The van der Waals surface area contributed by atoms with Crippen LogP contribution >= 0.6 is 0 Å². The van der Waals surface area contributed by atoms with Crippen molar-refractivity contribution >= 4 is 12.0 Å². The lowest BCUT2D eigenvalue weighted by atomic mass is 9.91. The number of carbonyl (C=O) groups excluding carboxylic acids is 1. The topological polar surface area (TPSA) is 72.9 Å².